The maximum atomic E-state index is 12.2. The van der Waals surface area contributed by atoms with E-state index in [-0.39, 0.29) is 24.2 Å². The van der Waals surface area contributed by atoms with E-state index in [9.17, 15) is 9.59 Å². The van der Waals surface area contributed by atoms with Gasteiger partial charge in [0.25, 0.3) is 0 Å². The number of hydrogen-bond donors (Lipinski definition) is 5. The molecule has 152 valence electrons. The van der Waals surface area contributed by atoms with E-state index in [1.807, 2.05) is 30.3 Å². The zero-order chi connectivity index (χ0) is 21.2. The molecular weight excluding hydrogens is 366 g/mol. The Morgan fingerprint density at radius 2 is 1.69 bits per heavy atom. The first-order valence-corrected chi connectivity index (χ1v) is 9.31. The lowest BCUT2D eigenvalue weighted by molar-refractivity contribution is -0.128. The lowest BCUT2D eigenvalue weighted by Gasteiger charge is -2.15. The summed E-state index contributed by atoms with van der Waals surface area (Å²) in [5.41, 5.74) is 8.83. The number of benzene rings is 2. The van der Waals surface area contributed by atoms with Crippen molar-refractivity contribution in [2.75, 3.05) is 13.1 Å². The first-order chi connectivity index (χ1) is 13.9. The van der Waals surface area contributed by atoms with Crippen LogP contribution in [0.3, 0.4) is 0 Å². The number of carbonyl (C=O) groups excluding carboxylic acids is 2. The summed E-state index contributed by atoms with van der Waals surface area (Å²) in [7, 11) is 0. The number of nitrogens with two attached hydrogens (primary N) is 1. The van der Waals surface area contributed by atoms with Crippen LogP contribution in [-0.4, -0.2) is 36.8 Å². The van der Waals surface area contributed by atoms with Gasteiger partial charge in [0.2, 0.25) is 11.8 Å². The van der Waals surface area contributed by atoms with Gasteiger partial charge in [0.15, 0.2) is 0 Å². The van der Waals surface area contributed by atoms with Gasteiger partial charge in [-0.3, -0.25) is 15.0 Å². The molecule has 0 aliphatic heterocycles. The minimum absolute atomic E-state index is 0.00197. The van der Waals surface area contributed by atoms with Crippen LogP contribution in [-0.2, 0) is 16.1 Å². The van der Waals surface area contributed by atoms with Gasteiger partial charge in [-0.2, -0.15) is 0 Å². The monoisotopic (exact) mass is 393 g/mol. The third-order valence-electron chi connectivity index (χ3n) is 4.31. The van der Waals surface area contributed by atoms with Crippen LogP contribution < -0.4 is 21.7 Å². The molecule has 1 atom stereocenters. The van der Waals surface area contributed by atoms with Crippen LogP contribution in [0.25, 0.3) is 5.57 Å². The fourth-order valence-electron chi connectivity index (χ4n) is 2.61. The Morgan fingerprint density at radius 1 is 1.03 bits per heavy atom. The summed E-state index contributed by atoms with van der Waals surface area (Å²) in [6.07, 6.45) is 0. The van der Waals surface area contributed by atoms with Crippen molar-refractivity contribution in [3.63, 3.8) is 0 Å². The highest BCUT2D eigenvalue weighted by atomic mass is 16.2. The van der Waals surface area contributed by atoms with Crippen molar-refractivity contribution >= 4 is 23.2 Å². The van der Waals surface area contributed by atoms with Gasteiger partial charge in [0, 0.05) is 18.7 Å². The summed E-state index contributed by atoms with van der Waals surface area (Å²) in [6, 6.07) is 16.1. The second-order valence-electron chi connectivity index (χ2n) is 6.69. The van der Waals surface area contributed by atoms with Crippen molar-refractivity contribution in [2.24, 2.45) is 5.73 Å². The van der Waals surface area contributed by atoms with Crippen molar-refractivity contribution in [3.05, 3.63) is 77.9 Å². The van der Waals surface area contributed by atoms with E-state index in [2.05, 4.69) is 22.5 Å². The van der Waals surface area contributed by atoms with E-state index in [4.69, 9.17) is 11.1 Å². The Kier molecular flexibility index (Phi) is 8.12. The normalized spacial score (nSPS) is 11.3. The average molecular weight is 393 g/mol. The summed E-state index contributed by atoms with van der Waals surface area (Å²) in [5.74, 6) is -0.542. The Labute approximate surface area is 170 Å². The summed E-state index contributed by atoms with van der Waals surface area (Å²) in [4.78, 5) is 24.2. The predicted molar refractivity (Wildman–Crippen MR) is 115 cm³/mol. The molecule has 29 heavy (non-hydrogen) atoms. The van der Waals surface area contributed by atoms with Gasteiger partial charge in [-0.05, 0) is 23.6 Å². The number of nitrogen functional groups attached to an aromatic ring is 1. The molecule has 6 N–H and O–H groups in total. The zero-order valence-electron chi connectivity index (χ0n) is 16.5. The minimum Gasteiger partial charge on any atom is -0.384 e. The summed E-state index contributed by atoms with van der Waals surface area (Å²) < 4.78 is 0. The standard InChI is InChI=1S/C22H27N5O2/c1-15(18-6-4-3-5-7-18)12-25-14-20(28)27-16(2)22(29)26-13-17-8-10-19(11-9-17)21(23)24/h3-11,16,25H,1,12-14H2,2H3,(H3,23,24)(H,26,29)(H,27,28). The van der Waals surface area contributed by atoms with Gasteiger partial charge in [-0.15, -0.1) is 0 Å². The van der Waals surface area contributed by atoms with Crippen molar-refractivity contribution in [3.8, 4) is 0 Å². The van der Waals surface area contributed by atoms with Crippen LogP contribution in [0.1, 0.15) is 23.6 Å². The molecule has 1 unspecified atom stereocenters. The second kappa shape index (κ2) is 10.8. The van der Waals surface area contributed by atoms with E-state index < -0.39 is 6.04 Å². The predicted octanol–water partition coefficient (Wildman–Crippen LogP) is 1.39. The lowest BCUT2D eigenvalue weighted by Crippen LogP contribution is -2.47. The van der Waals surface area contributed by atoms with E-state index >= 15 is 0 Å². The van der Waals surface area contributed by atoms with Crippen LogP contribution in [0.15, 0.2) is 61.2 Å². The zero-order valence-corrected chi connectivity index (χ0v) is 16.5. The molecule has 0 radical (unpaired) electrons. The molecular formula is C22H27N5O2. The van der Waals surface area contributed by atoms with Crippen LogP contribution in [0, 0.1) is 5.41 Å². The average Bonchev–Trinajstić information content (AvgIpc) is 2.72. The van der Waals surface area contributed by atoms with Crippen LogP contribution in [0.4, 0.5) is 0 Å². The molecule has 0 fully saturated rings. The quantitative estimate of drug-likeness (QED) is 0.309. The molecule has 0 spiro atoms. The summed E-state index contributed by atoms with van der Waals surface area (Å²) >= 11 is 0. The first-order valence-electron chi connectivity index (χ1n) is 9.31. The first kappa shape index (κ1) is 21.8. The molecule has 0 aromatic heterocycles. The molecule has 2 rings (SSSR count). The third kappa shape index (κ3) is 7.23. The molecule has 0 saturated heterocycles. The lowest BCUT2D eigenvalue weighted by atomic mass is 10.1. The van der Waals surface area contributed by atoms with Gasteiger partial charge in [0.1, 0.15) is 11.9 Å². The molecule has 0 aliphatic rings. The van der Waals surface area contributed by atoms with E-state index in [0.717, 1.165) is 16.7 Å². The van der Waals surface area contributed by atoms with Crippen LogP contribution in [0.5, 0.6) is 0 Å². The Balaban J connectivity index is 1.69. The van der Waals surface area contributed by atoms with E-state index in [1.54, 1.807) is 31.2 Å². The van der Waals surface area contributed by atoms with Crippen LogP contribution in [0.2, 0.25) is 0 Å². The molecule has 0 bridgehead atoms. The smallest absolute Gasteiger partial charge is 0.242 e. The number of hydrogen-bond acceptors (Lipinski definition) is 4. The van der Waals surface area contributed by atoms with Crippen molar-refractivity contribution in [1.82, 2.24) is 16.0 Å². The van der Waals surface area contributed by atoms with Crippen molar-refractivity contribution < 1.29 is 9.59 Å². The molecule has 2 aromatic rings. The number of carbonyl (C=O) groups is 2. The van der Waals surface area contributed by atoms with Gasteiger partial charge in [-0.1, -0.05) is 61.2 Å². The molecule has 7 nitrogen and oxygen atoms in total. The molecule has 0 aliphatic carbocycles. The summed E-state index contributed by atoms with van der Waals surface area (Å²) in [6.45, 7) is 6.54. The number of amides is 2. The summed E-state index contributed by atoms with van der Waals surface area (Å²) in [5, 5.41) is 15.8. The third-order valence-corrected chi connectivity index (χ3v) is 4.31. The van der Waals surface area contributed by atoms with Crippen LogP contribution >= 0.6 is 0 Å². The van der Waals surface area contributed by atoms with Gasteiger partial charge < -0.3 is 21.7 Å². The number of nitrogens with one attached hydrogen (secondary N) is 4. The molecule has 2 aromatic carbocycles. The maximum Gasteiger partial charge on any atom is 0.242 e. The van der Waals surface area contributed by atoms with Gasteiger partial charge >= 0.3 is 0 Å². The van der Waals surface area contributed by atoms with Gasteiger partial charge in [0.05, 0.1) is 6.54 Å². The second-order valence-corrected chi connectivity index (χ2v) is 6.69. The molecule has 2 amide bonds. The van der Waals surface area contributed by atoms with Crippen molar-refractivity contribution in [2.45, 2.75) is 19.5 Å². The SMILES string of the molecule is C=C(CNCC(=O)NC(C)C(=O)NCc1ccc(C(=N)N)cc1)c1ccccc1. The highest BCUT2D eigenvalue weighted by Crippen LogP contribution is 2.09. The van der Waals surface area contributed by atoms with E-state index in [0.29, 0.717) is 18.7 Å². The Bertz CT molecular complexity index is 863. The number of rotatable bonds is 10. The highest BCUT2D eigenvalue weighted by molar-refractivity contribution is 5.94. The van der Waals surface area contributed by atoms with Crippen molar-refractivity contribution in [1.29, 1.82) is 5.41 Å². The number of amidine groups is 1. The van der Waals surface area contributed by atoms with E-state index in [1.165, 1.54) is 0 Å². The highest BCUT2D eigenvalue weighted by Gasteiger charge is 2.15. The topological polar surface area (TPSA) is 120 Å². The molecule has 7 heteroatoms. The Hall–Kier alpha value is -3.45. The fourth-order valence-corrected chi connectivity index (χ4v) is 2.61. The fraction of sp³-hybridized carbons (Fsp3) is 0.227. The van der Waals surface area contributed by atoms with Gasteiger partial charge in [-0.25, -0.2) is 0 Å². The largest absolute Gasteiger partial charge is 0.384 e. The molecule has 0 heterocycles. The molecule has 0 saturated carbocycles. The minimum atomic E-state index is -0.655. The Morgan fingerprint density at radius 3 is 2.31 bits per heavy atom. The maximum absolute atomic E-state index is 12.2.